The Balaban J connectivity index is 2.01. The van der Waals surface area contributed by atoms with Crippen LogP contribution in [-0.4, -0.2) is 29.0 Å². The van der Waals surface area contributed by atoms with Gasteiger partial charge in [0.1, 0.15) is 5.75 Å². The molecule has 2 rings (SSSR count). The second kappa shape index (κ2) is 6.42. The lowest BCUT2D eigenvalue weighted by Crippen LogP contribution is -2.38. The van der Waals surface area contributed by atoms with Crippen LogP contribution in [0.1, 0.15) is 43.0 Å². The van der Waals surface area contributed by atoms with Crippen LogP contribution in [0, 0.1) is 5.92 Å². The highest BCUT2D eigenvalue weighted by molar-refractivity contribution is 9.10. The van der Waals surface area contributed by atoms with Crippen molar-refractivity contribution in [2.45, 2.75) is 32.6 Å². The maximum absolute atomic E-state index is 12.3. The third-order valence-electron chi connectivity index (χ3n) is 3.79. The van der Waals surface area contributed by atoms with Gasteiger partial charge in [0.15, 0.2) is 0 Å². The van der Waals surface area contributed by atoms with Crippen molar-refractivity contribution in [3.63, 3.8) is 0 Å². The Labute approximate surface area is 122 Å². The predicted octanol–water partition coefficient (Wildman–Crippen LogP) is 3.81. The van der Waals surface area contributed by atoms with Gasteiger partial charge in [0.05, 0.1) is 5.56 Å². The molecule has 1 aliphatic heterocycles. The average Bonchev–Trinajstić information content (AvgIpc) is 2.39. The van der Waals surface area contributed by atoms with Gasteiger partial charge in [0.25, 0.3) is 5.91 Å². The summed E-state index contributed by atoms with van der Waals surface area (Å²) in [6.07, 6.45) is 4.63. The Hall–Kier alpha value is -1.03. The predicted molar refractivity (Wildman–Crippen MR) is 79.3 cm³/mol. The molecule has 104 valence electrons. The van der Waals surface area contributed by atoms with Crippen LogP contribution >= 0.6 is 15.9 Å². The maximum Gasteiger partial charge on any atom is 0.257 e. The molecule has 0 aromatic heterocycles. The second-order valence-electron chi connectivity index (χ2n) is 5.19. The lowest BCUT2D eigenvalue weighted by atomic mass is 9.92. The molecule has 0 atom stereocenters. The number of halogens is 1. The van der Waals surface area contributed by atoms with Gasteiger partial charge in [0.2, 0.25) is 0 Å². The minimum Gasteiger partial charge on any atom is -0.507 e. The zero-order valence-corrected chi connectivity index (χ0v) is 12.8. The zero-order valence-electron chi connectivity index (χ0n) is 11.2. The van der Waals surface area contributed by atoms with E-state index in [1.165, 1.54) is 12.8 Å². The monoisotopic (exact) mass is 325 g/mol. The molecule has 0 bridgehead atoms. The van der Waals surface area contributed by atoms with Crippen molar-refractivity contribution in [1.29, 1.82) is 0 Å². The number of hydrogen-bond donors (Lipinski definition) is 1. The van der Waals surface area contributed by atoms with E-state index in [9.17, 15) is 9.90 Å². The normalized spacial score (nSPS) is 16.6. The minimum absolute atomic E-state index is 0.0510. The Bertz CT molecular complexity index is 453. The fraction of sp³-hybridized carbons (Fsp3) is 0.533. The van der Waals surface area contributed by atoms with Crippen LogP contribution < -0.4 is 0 Å². The van der Waals surface area contributed by atoms with Crippen LogP contribution in [0.3, 0.4) is 0 Å². The Kier molecular flexibility index (Phi) is 4.86. The molecule has 1 aromatic rings. The van der Waals surface area contributed by atoms with Crippen molar-refractivity contribution in [3.8, 4) is 5.75 Å². The molecular formula is C15H20BrNO2. The van der Waals surface area contributed by atoms with Gasteiger partial charge in [-0.05, 0) is 37.0 Å². The minimum atomic E-state index is -0.0556. The SMILES string of the molecule is CCCC1CCN(C(=O)c2ccc(Br)cc2O)CC1. The van der Waals surface area contributed by atoms with Gasteiger partial charge in [-0.2, -0.15) is 0 Å². The third-order valence-corrected chi connectivity index (χ3v) is 4.28. The van der Waals surface area contributed by atoms with Crippen molar-refractivity contribution in [2.75, 3.05) is 13.1 Å². The Morgan fingerprint density at radius 3 is 2.68 bits per heavy atom. The molecule has 1 fully saturated rings. The smallest absolute Gasteiger partial charge is 0.257 e. The van der Waals surface area contributed by atoms with Crippen molar-refractivity contribution in [2.24, 2.45) is 5.92 Å². The van der Waals surface area contributed by atoms with Gasteiger partial charge >= 0.3 is 0 Å². The molecule has 1 aliphatic rings. The number of likely N-dealkylation sites (tertiary alicyclic amines) is 1. The van der Waals surface area contributed by atoms with Crippen molar-refractivity contribution < 1.29 is 9.90 Å². The first-order valence-electron chi connectivity index (χ1n) is 6.89. The van der Waals surface area contributed by atoms with Gasteiger partial charge in [-0.25, -0.2) is 0 Å². The first-order valence-corrected chi connectivity index (χ1v) is 7.69. The molecule has 1 amide bonds. The number of aromatic hydroxyl groups is 1. The highest BCUT2D eigenvalue weighted by Gasteiger charge is 2.24. The van der Waals surface area contributed by atoms with E-state index in [1.54, 1.807) is 18.2 Å². The highest BCUT2D eigenvalue weighted by atomic mass is 79.9. The summed E-state index contributed by atoms with van der Waals surface area (Å²) in [7, 11) is 0. The molecule has 1 heterocycles. The van der Waals surface area contributed by atoms with E-state index in [-0.39, 0.29) is 11.7 Å². The average molecular weight is 326 g/mol. The topological polar surface area (TPSA) is 40.5 Å². The molecule has 1 N–H and O–H groups in total. The number of nitrogens with zero attached hydrogens (tertiary/aromatic N) is 1. The number of rotatable bonds is 3. The summed E-state index contributed by atoms with van der Waals surface area (Å²) in [5, 5.41) is 9.85. The number of hydrogen-bond acceptors (Lipinski definition) is 2. The third kappa shape index (κ3) is 3.50. The molecule has 0 unspecified atom stereocenters. The summed E-state index contributed by atoms with van der Waals surface area (Å²) >= 11 is 3.28. The molecule has 0 radical (unpaired) electrons. The molecule has 3 nitrogen and oxygen atoms in total. The summed E-state index contributed by atoms with van der Waals surface area (Å²) in [5.74, 6) is 0.752. The van der Waals surface area contributed by atoms with Crippen molar-refractivity contribution >= 4 is 21.8 Å². The van der Waals surface area contributed by atoms with Crippen molar-refractivity contribution in [3.05, 3.63) is 28.2 Å². The van der Waals surface area contributed by atoms with E-state index in [2.05, 4.69) is 22.9 Å². The summed E-state index contributed by atoms with van der Waals surface area (Å²) in [4.78, 5) is 14.2. The van der Waals surface area contributed by atoms with Crippen LogP contribution in [0.25, 0.3) is 0 Å². The lowest BCUT2D eigenvalue weighted by Gasteiger charge is -2.32. The highest BCUT2D eigenvalue weighted by Crippen LogP contribution is 2.27. The molecule has 0 spiro atoms. The molecular weight excluding hydrogens is 306 g/mol. The van der Waals surface area contributed by atoms with Gasteiger partial charge in [-0.15, -0.1) is 0 Å². The van der Waals surface area contributed by atoms with Crippen LogP contribution in [0.4, 0.5) is 0 Å². The van der Waals surface area contributed by atoms with Crippen molar-refractivity contribution in [1.82, 2.24) is 4.90 Å². The fourth-order valence-corrected chi connectivity index (χ4v) is 3.04. The van der Waals surface area contributed by atoms with E-state index in [0.29, 0.717) is 5.56 Å². The van der Waals surface area contributed by atoms with Gasteiger partial charge in [0, 0.05) is 17.6 Å². The summed E-state index contributed by atoms with van der Waals surface area (Å²) < 4.78 is 0.781. The fourth-order valence-electron chi connectivity index (χ4n) is 2.69. The molecule has 4 heteroatoms. The summed E-state index contributed by atoms with van der Waals surface area (Å²) in [5.41, 5.74) is 0.400. The first kappa shape index (κ1) is 14.4. The summed E-state index contributed by atoms with van der Waals surface area (Å²) in [6, 6.07) is 5.04. The Morgan fingerprint density at radius 2 is 2.11 bits per heavy atom. The molecule has 1 saturated heterocycles. The Morgan fingerprint density at radius 1 is 1.42 bits per heavy atom. The van der Waals surface area contributed by atoms with Gasteiger partial charge in [-0.1, -0.05) is 35.7 Å². The quantitative estimate of drug-likeness (QED) is 0.918. The van der Waals surface area contributed by atoms with Crippen LogP contribution in [0.2, 0.25) is 0 Å². The van der Waals surface area contributed by atoms with E-state index < -0.39 is 0 Å². The molecule has 0 aliphatic carbocycles. The molecule has 1 aromatic carbocycles. The first-order chi connectivity index (χ1) is 9.11. The van der Waals surface area contributed by atoms with E-state index >= 15 is 0 Å². The maximum atomic E-state index is 12.3. The molecule has 19 heavy (non-hydrogen) atoms. The number of phenolic OH excluding ortho intramolecular Hbond substituents is 1. The van der Waals surface area contributed by atoms with E-state index in [0.717, 1.165) is 36.3 Å². The van der Waals surface area contributed by atoms with E-state index in [4.69, 9.17) is 0 Å². The number of benzene rings is 1. The largest absolute Gasteiger partial charge is 0.507 e. The number of carbonyl (C=O) groups excluding carboxylic acids is 1. The number of carbonyl (C=O) groups is 1. The second-order valence-corrected chi connectivity index (χ2v) is 6.10. The van der Waals surface area contributed by atoms with Gasteiger partial charge in [-0.3, -0.25) is 4.79 Å². The van der Waals surface area contributed by atoms with Crippen LogP contribution in [0.5, 0.6) is 5.75 Å². The van der Waals surface area contributed by atoms with Gasteiger partial charge < -0.3 is 10.0 Å². The zero-order chi connectivity index (χ0) is 13.8. The van der Waals surface area contributed by atoms with Crippen LogP contribution in [-0.2, 0) is 0 Å². The van der Waals surface area contributed by atoms with Crippen LogP contribution in [0.15, 0.2) is 22.7 Å². The molecule has 0 saturated carbocycles. The van der Waals surface area contributed by atoms with E-state index in [1.807, 2.05) is 4.90 Å². The number of amides is 1. The number of phenols is 1. The summed E-state index contributed by atoms with van der Waals surface area (Å²) in [6.45, 7) is 3.81. The number of piperidine rings is 1. The standard InChI is InChI=1S/C15H20BrNO2/c1-2-3-11-6-8-17(9-7-11)15(19)13-5-4-12(16)10-14(13)18/h4-5,10-11,18H,2-3,6-9H2,1H3. The lowest BCUT2D eigenvalue weighted by molar-refractivity contribution is 0.0683.